The number of para-hydroxylation sites is 1. The molecule has 0 amide bonds. The van der Waals surface area contributed by atoms with Crippen molar-refractivity contribution in [1.82, 2.24) is 0 Å². The summed E-state index contributed by atoms with van der Waals surface area (Å²) >= 11 is 0. The van der Waals surface area contributed by atoms with E-state index in [1.165, 1.54) is 0 Å². The molecular formula is C40H24O. The molecule has 0 radical (unpaired) electrons. The lowest BCUT2D eigenvalue weighted by molar-refractivity contribution is 0.672. The summed E-state index contributed by atoms with van der Waals surface area (Å²) in [5.74, 6) is 0. The van der Waals surface area contributed by atoms with Crippen molar-refractivity contribution in [3.05, 3.63) is 145 Å². The highest BCUT2D eigenvalue weighted by atomic mass is 16.3. The highest BCUT2D eigenvalue weighted by Crippen LogP contribution is 2.47. The summed E-state index contributed by atoms with van der Waals surface area (Å²) in [6.07, 6.45) is 0. The number of hydrogen-bond donors (Lipinski definition) is 0. The second-order valence-electron chi connectivity index (χ2n) is 10.4. The number of furan rings is 1. The molecular weight excluding hydrogens is 496 g/mol. The van der Waals surface area contributed by atoms with Gasteiger partial charge in [-0.25, -0.2) is 0 Å². The summed E-state index contributed by atoms with van der Waals surface area (Å²) in [6.45, 7) is 0. The fourth-order valence-electron chi connectivity index (χ4n) is 6.49. The van der Waals surface area contributed by atoms with Crippen LogP contribution < -0.4 is 0 Å². The van der Waals surface area contributed by atoms with Crippen molar-refractivity contribution in [2.75, 3.05) is 0 Å². The highest BCUT2D eigenvalue weighted by Gasteiger charge is 2.20. The predicted octanol–water partition coefficient (Wildman–Crippen LogP) is 11.5. The molecule has 9 rings (SSSR count). The zero-order valence-electron chi connectivity index (χ0n) is 26.9. The quantitative estimate of drug-likeness (QED) is 0.205. The number of hydrogen-bond acceptors (Lipinski definition) is 1. The van der Waals surface area contributed by atoms with E-state index in [0.717, 1.165) is 43.4 Å². The largest absolute Gasteiger partial charge is 0.455 e. The molecule has 0 saturated heterocycles. The van der Waals surface area contributed by atoms with E-state index in [9.17, 15) is 2.74 Å². The Morgan fingerprint density at radius 2 is 0.927 bits per heavy atom. The number of fused-ring (bicyclic) bond motifs is 8. The van der Waals surface area contributed by atoms with Gasteiger partial charge in [0.15, 0.2) is 0 Å². The van der Waals surface area contributed by atoms with Crippen LogP contribution in [0.1, 0.15) is 6.85 Å². The molecule has 0 spiro atoms. The lowest BCUT2D eigenvalue weighted by Crippen LogP contribution is -1.92. The van der Waals surface area contributed by atoms with E-state index in [4.69, 9.17) is 8.53 Å². The van der Waals surface area contributed by atoms with Crippen molar-refractivity contribution in [2.45, 2.75) is 0 Å². The van der Waals surface area contributed by atoms with Gasteiger partial charge in [0.2, 0.25) is 0 Å². The monoisotopic (exact) mass is 525 g/mol. The standard InChI is InChI=1S/C40H24O/c1-2-13-26-25(11-1)12-9-19-29(26)38-31-15-3-5-17-33(31)39(34-18-6-4-16-32(34)38)30-20-10-21-35-27(30)23-24-36-28-14-7-8-22-37(28)41-40(35)36/h1-24H/i10D,20D,21D,23D,24D. The van der Waals surface area contributed by atoms with Gasteiger partial charge in [-0.2, -0.15) is 0 Å². The Bertz CT molecular complexity index is 2700. The normalized spacial score (nSPS) is 13.6. The maximum Gasteiger partial charge on any atom is 0.143 e. The van der Waals surface area contributed by atoms with Crippen LogP contribution in [0, 0.1) is 0 Å². The third-order valence-electron chi connectivity index (χ3n) is 8.25. The molecule has 1 heterocycles. The van der Waals surface area contributed by atoms with Crippen molar-refractivity contribution in [3.63, 3.8) is 0 Å². The van der Waals surface area contributed by atoms with Crippen LogP contribution in [-0.2, 0) is 0 Å². The van der Waals surface area contributed by atoms with Gasteiger partial charge in [0, 0.05) is 16.2 Å². The van der Waals surface area contributed by atoms with Gasteiger partial charge in [0.1, 0.15) is 11.2 Å². The smallest absolute Gasteiger partial charge is 0.143 e. The van der Waals surface area contributed by atoms with Crippen LogP contribution in [0.25, 0.3) is 87.3 Å². The molecule has 0 aliphatic heterocycles. The van der Waals surface area contributed by atoms with Crippen LogP contribution in [0.4, 0.5) is 0 Å². The van der Waals surface area contributed by atoms with Gasteiger partial charge in [0.25, 0.3) is 0 Å². The first-order valence-corrected chi connectivity index (χ1v) is 13.7. The Balaban J connectivity index is 1.53. The van der Waals surface area contributed by atoms with Gasteiger partial charge < -0.3 is 4.42 Å². The summed E-state index contributed by atoms with van der Waals surface area (Å²) in [5.41, 5.74) is 4.09. The van der Waals surface area contributed by atoms with Gasteiger partial charge in [-0.05, 0) is 72.1 Å². The van der Waals surface area contributed by atoms with E-state index in [1.54, 1.807) is 0 Å². The van der Waals surface area contributed by atoms with E-state index in [-0.39, 0.29) is 41.0 Å². The van der Waals surface area contributed by atoms with Crippen LogP contribution in [-0.4, -0.2) is 0 Å². The molecule has 190 valence electrons. The Labute approximate surface area is 243 Å². The summed E-state index contributed by atoms with van der Waals surface area (Å²) in [4.78, 5) is 0. The molecule has 8 aromatic carbocycles. The van der Waals surface area contributed by atoms with Crippen LogP contribution in [0.2, 0.25) is 0 Å². The first-order valence-electron chi connectivity index (χ1n) is 16.2. The van der Waals surface area contributed by atoms with Gasteiger partial charge in [-0.3, -0.25) is 0 Å². The van der Waals surface area contributed by atoms with Gasteiger partial charge in [0.05, 0.1) is 6.85 Å². The lowest BCUT2D eigenvalue weighted by Gasteiger charge is -2.19. The Morgan fingerprint density at radius 3 is 1.66 bits per heavy atom. The second-order valence-corrected chi connectivity index (χ2v) is 10.4. The zero-order chi connectivity index (χ0) is 31.3. The van der Waals surface area contributed by atoms with Gasteiger partial charge in [-0.1, -0.05) is 133 Å². The summed E-state index contributed by atoms with van der Waals surface area (Å²) in [6, 6.07) is 37.5. The maximum atomic E-state index is 9.36. The van der Waals surface area contributed by atoms with Crippen molar-refractivity contribution >= 4 is 65.0 Å². The summed E-state index contributed by atoms with van der Waals surface area (Å²) < 4.78 is 52.2. The maximum absolute atomic E-state index is 9.36. The molecule has 1 heteroatoms. The molecule has 0 unspecified atom stereocenters. The Morgan fingerprint density at radius 1 is 0.390 bits per heavy atom. The molecule has 0 aliphatic rings. The van der Waals surface area contributed by atoms with Crippen LogP contribution in [0.15, 0.2) is 150 Å². The van der Waals surface area contributed by atoms with Crippen molar-refractivity contribution in [2.24, 2.45) is 0 Å². The fourth-order valence-corrected chi connectivity index (χ4v) is 6.49. The fraction of sp³-hybridized carbons (Fsp3) is 0. The third-order valence-corrected chi connectivity index (χ3v) is 8.25. The minimum atomic E-state index is -0.243. The van der Waals surface area contributed by atoms with Crippen LogP contribution >= 0.6 is 0 Å². The summed E-state index contributed by atoms with van der Waals surface area (Å²) in [7, 11) is 0. The van der Waals surface area contributed by atoms with E-state index in [0.29, 0.717) is 33.1 Å². The minimum absolute atomic E-state index is 0.0220. The number of benzene rings is 8. The average molecular weight is 526 g/mol. The Hall–Kier alpha value is -5.40. The second kappa shape index (κ2) is 8.55. The molecule has 1 aromatic heterocycles. The summed E-state index contributed by atoms with van der Waals surface area (Å²) in [5, 5.41) is 7.67. The molecule has 41 heavy (non-hydrogen) atoms. The molecule has 0 fully saturated rings. The molecule has 0 aliphatic carbocycles. The SMILES string of the molecule is [2H]c1c([2H])c([2H])c2c(c([2H])c([2H])c3c4ccccc4oc23)c1-c1c2ccccc2c(-c2cccc3ccccc23)c2ccccc12. The molecule has 1 nitrogen and oxygen atoms in total. The first-order chi connectivity index (χ1) is 22.5. The van der Waals surface area contributed by atoms with Gasteiger partial charge in [-0.15, -0.1) is 0 Å². The van der Waals surface area contributed by atoms with E-state index in [2.05, 4.69) is 42.5 Å². The van der Waals surface area contributed by atoms with E-state index in [1.807, 2.05) is 72.8 Å². The van der Waals surface area contributed by atoms with Crippen molar-refractivity contribution in [3.8, 4) is 22.3 Å². The Kier molecular flexibility index (Phi) is 3.76. The van der Waals surface area contributed by atoms with Crippen molar-refractivity contribution in [1.29, 1.82) is 0 Å². The van der Waals surface area contributed by atoms with Crippen LogP contribution in [0.5, 0.6) is 0 Å². The molecule has 0 bridgehead atoms. The third kappa shape index (κ3) is 3.18. The van der Waals surface area contributed by atoms with Gasteiger partial charge >= 0.3 is 0 Å². The number of rotatable bonds is 2. The minimum Gasteiger partial charge on any atom is -0.455 e. The average Bonchev–Trinajstić information content (AvgIpc) is 3.48. The van der Waals surface area contributed by atoms with E-state index >= 15 is 0 Å². The molecule has 9 aromatic rings. The topological polar surface area (TPSA) is 13.1 Å². The first kappa shape index (κ1) is 18.0. The van der Waals surface area contributed by atoms with E-state index < -0.39 is 0 Å². The predicted molar refractivity (Wildman–Crippen MR) is 175 cm³/mol. The molecule has 0 N–H and O–H groups in total. The zero-order valence-corrected chi connectivity index (χ0v) is 21.9. The molecule has 0 atom stereocenters. The molecule has 0 saturated carbocycles. The van der Waals surface area contributed by atoms with Crippen LogP contribution in [0.3, 0.4) is 0 Å². The lowest BCUT2D eigenvalue weighted by atomic mass is 9.83. The van der Waals surface area contributed by atoms with Crippen molar-refractivity contribution < 1.29 is 11.3 Å². The highest BCUT2D eigenvalue weighted by molar-refractivity contribution is 6.26.